The van der Waals surface area contributed by atoms with E-state index in [0.717, 1.165) is 13.1 Å². The standard InChI is InChI=1S/C24H27NO5/c1-28-17-7-10-21(29-2)16(13-17)14-22-23(27)18-8-9-20(26)19(24(18)30-22)15-25-11-5-3-4-6-12-25/h7-10,13-14,26H,3-6,11-12,15H2,1-2H3/b22-14-. The van der Waals surface area contributed by atoms with Crippen LogP contribution in [0.3, 0.4) is 0 Å². The fourth-order valence-electron chi connectivity index (χ4n) is 4.21. The maximum absolute atomic E-state index is 13.0. The number of likely N-dealkylation sites (tertiary alicyclic amines) is 1. The van der Waals surface area contributed by atoms with Gasteiger partial charge in [0.05, 0.1) is 32.9 Å². The summed E-state index contributed by atoms with van der Waals surface area (Å²) in [4.78, 5) is 14.4. The first-order valence-corrected chi connectivity index (χ1v) is 10.4. The molecule has 0 aromatic heterocycles. The molecule has 0 radical (unpaired) electrons. The summed E-state index contributed by atoms with van der Waals surface area (Å²) >= 11 is 0. The van der Waals surface area contributed by atoms with Crippen LogP contribution in [0, 0.1) is 0 Å². The van der Waals surface area contributed by atoms with Gasteiger partial charge in [-0.05, 0) is 56.0 Å². The van der Waals surface area contributed by atoms with Crippen molar-refractivity contribution in [3.63, 3.8) is 0 Å². The van der Waals surface area contributed by atoms with Crippen molar-refractivity contribution < 1.29 is 29.0 Å². The van der Waals surface area contributed by atoms with Crippen LogP contribution < -0.4 is 24.2 Å². The third-order valence-electron chi connectivity index (χ3n) is 5.86. The summed E-state index contributed by atoms with van der Waals surface area (Å²) in [7, 11) is 3.15. The van der Waals surface area contributed by atoms with E-state index in [4.69, 9.17) is 14.2 Å². The molecular weight excluding hydrogens is 382 g/mol. The van der Waals surface area contributed by atoms with Crippen LogP contribution in [-0.4, -0.2) is 33.1 Å². The highest BCUT2D eigenvalue weighted by molar-refractivity contribution is 6.15. The zero-order chi connectivity index (χ0) is 21.1. The molecule has 2 aliphatic rings. The molecule has 0 unspecified atom stereocenters. The number of methoxy groups -OCH3 is 2. The van der Waals surface area contributed by atoms with Gasteiger partial charge in [0, 0.05) is 11.1 Å². The van der Waals surface area contributed by atoms with Gasteiger partial charge in [0.25, 0.3) is 0 Å². The molecule has 6 heteroatoms. The highest BCUT2D eigenvalue weighted by Gasteiger charge is 2.31. The molecule has 2 aromatic carbocycles. The van der Waals surface area contributed by atoms with E-state index in [1.54, 1.807) is 44.6 Å². The average Bonchev–Trinajstić information content (AvgIpc) is 2.92. The Hall–Kier alpha value is -2.99. The molecule has 2 aliphatic heterocycles. The summed E-state index contributed by atoms with van der Waals surface area (Å²) < 4.78 is 16.7. The number of allylic oxidation sites excluding steroid dienone is 1. The smallest absolute Gasteiger partial charge is 0.231 e. The lowest BCUT2D eigenvalue weighted by molar-refractivity contribution is -0.913. The number of hydrogen-bond acceptors (Lipinski definition) is 5. The maximum atomic E-state index is 13.0. The third-order valence-corrected chi connectivity index (χ3v) is 5.86. The van der Waals surface area contributed by atoms with Gasteiger partial charge in [0.1, 0.15) is 23.8 Å². The summed E-state index contributed by atoms with van der Waals surface area (Å²) in [5.74, 6) is 1.57. The van der Waals surface area contributed by atoms with E-state index < -0.39 is 0 Å². The van der Waals surface area contributed by atoms with Gasteiger partial charge in [-0.3, -0.25) is 4.79 Å². The Morgan fingerprint density at radius 1 is 1.07 bits per heavy atom. The van der Waals surface area contributed by atoms with E-state index in [1.807, 2.05) is 0 Å². The molecular formula is C24H27NO5. The summed E-state index contributed by atoms with van der Waals surface area (Å²) in [6.07, 6.45) is 6.46. The Bertz CT molecular complexity index is 974. The predicted octanol–water partition coefficient (Wildman–Crippen LogP) is 2.35. The minimum Gasteiger partial charge on any atom is -0.872 e. The Balaban J connectivity index is 1.67. The molecule has 0 amide bonds. The minimum atomic E-state index is -0.220. The van der Waals surface area contributed by atoms with E-state index >= 15 is 0 Å². The SMILES string of the molecule is COc1ccc(OC)c(/C=C2\Oc3c(ccc([O-])c3C[NH+]3CCCCCC3)C2=O)c1. The Morgan fingerprint density at radius 2 is 1.83 bits per heavy atom. The maximum Gasteiger partial charge on any atom is 0.231 e. The van der Waals surface area contributed by atoms with E-state index in [1.165, 1.54) is 36.6 Å². The van der Waals surface area contributed by atoms with Crippen molar-refractivity contribution in [2.75, 3.05) is 27.3 Å². The van der Waals surface area contributed by atoms with Gasteiger partial charge in [-0.15, -0.1) is 0 Å². The first-order chi connectivity index (χ1) is 14.6. The lowest BCUT2D eigenvalue weighted by atomic mass is 10.0. The van der Waals surface area contributed by atoms with E-state index in [-0.39, 0.29) is 17.3 Å². The molecule has 4 rings (SSSR count). The highest BCUT2D eigenvalue weighted by Crippen LogP contribution is 2.39. The van der Waals surface area contributed by atoms with E-state index in [2.05, 4.69) is 0 Å². The molecule has 1 N–H and O–H groups in total. The molecule has 2 aromatic rings. The zero-order valence-electron chi connectivity index (χ0n) is 17.5. The second-order valence-electron chi connectivity index (χ2n) is 7.81. The van der Waals surface area contributed by atoms with Crippen molar-refractivity contribution in [2.45, 2.75) is 32.2 Å². The Labute approximate surface area is 176 Å². The largest absolute Gasteiger partial charge is 0.872 e. The number of rotatable bonds is 5. The molecule has 1 fully saturated rings. The van der Waals surface area contributed by atoms with Crippen molar-refractivity contribution in [1.29, 1.82) is 0 Å². The summed E-state index contributed by atoms with van der Waals surface area (Å²) in [6, 6.07) is 8.42. The topological polar surface area (TPSA) is 72.3 Å². The van der Waals surface area contributed by atoms with E-state index in [9.17, 15) is 9.90 Å². The fourth-order valence-corrected chi connectivity index (χ4v) is 4.21. The monoisotopic (exact) mass is 409 g/mol. The minimum absolute atomic E-state index is 0.0708. The molecule has 0 atom stereocenters. The van der Waals surface area contributed by atoms with Crippen LogP contribution in [0.2, 0.25) is 0 Å². The number of nitrogens with one attached hydrogen (secondary N) is 1. The predicted molar refractivity (Wildman–Crippen MR) is 111 cm³/mol. The summed E-state index contributed by atoms with van der Waals surface area (Å²) in [6.45, 7) is 2.67. The van der Waals surface area contributed by atoms with Crippen LogP contribution >= 0.6 is 0 Å². The number of quaternary nitrogens is 1. The Morgan fingerprint density at radius 3 is 2.53 bits per heavy atom. The molecule has 158 valence electrons. The van der Waals surface area contributed by atoms with Crippen LogP contribution in [-0.2, 0) is 6.54 Å². The molecule has 2 heterocycles. The van der Waals surface area contributed by atoms with Gasteiger partial charge in [-0.1, -0.05) is 11.8 Å². The van der Waals surface area contributed by atoms with Gasteiger partial charge in [-0.25, -0.2) is 0 Å². The number of carbonyl (C=O) groups excluding carboxylic acids is 1. The fraction of sp³-hybridized carbons (Fsp3) is 0.375. The zero-order valence-corrected chi connectivity index (χ0v) is 17.5. The second-order valence-corrected chi connectivity index (χ2v) is 7.81. The van der Waals surface area contributed by atoms with Gasteiger partial charge in [-0.2, -0.15) is 0 Å². The lowest BCUT2D eigenvalue weighted by Gasteiger charge is -2.22. The normalized spacial score (nSPS) is 18.1. The molecule has 0 spiro atoms. The third kappa shape index (κ3) is 4.00. The van der Waals surface area contributed by atoms with Crippen molar-refractivity contribution in [3.8, 4) is 23.0 Å². The second kappa shape index (κ2) is 8.79. The number of ether oxygens (including phenoxy) is 3. The van der Waals surface area contributed by atoms with Crippen molar-refractivity contribution in [2.24, 2.45) is 0 Å². The van der Waals surface area contributed by atoms with Crippen LogP contribution in [0.4, 0.5) is 0 Å². The van der Waals surface area contributed by atoms with Crippen molar-refractivity contribution in [3.05, 3.63) is 52.8 Å². The lowest BCUT2D eigenvalue weighted by Crippen LogP contribution is -3.10. The van der Waals surface area contributed by atoms with Crippen LogP contribution in [0.25, 0.3) is 6.08 Å². The molecule has 0 bridgehead atoms. The van der Waals surface area contributed by atoms with Crippen LogP contribution in [0.15, 0.2) is 36.1 Å². The first-order valence-electron chi connectivity index (χ1n) is 10.4. The molecule has 30 heavy (non-hydrogen) atoms. The summed E-state index contributed by atoms with van der Waals surface area (Å²) in [5, 5.41) is 12.6. The van der Waals surface area contributed by atoms with E-state index in [0.29, 0.717) is 40.5 Å². The molecule has 1 saturated heterocycles. The Kier molecular flexibility index (Phi) is 5.95. The van der Waals surface area contributed by atoms with Gasteiger partial charge in [0.2, 0.25) is 5.78 Å². The number of fused-ring (bicyclic) bond motifs is 1. The summed E-state index contributed by atoms with van der Waals surface area (Å²) in [5.41, 5.74) is 1.72. The van der Waals surface area contributed by atoms with Crippen molar-refractivity contribution >= 4 is 11.9 Å². The molecule has 6 nitrogen and oxygen atoms in total. The highest BCUT2D eigenvalue weighted by atomic mass is 16.5. The average molecular weight is 409 g/mol. The number of ketones is 1. The van der Waals surface area contributed by atoms with Gasteiger partial charge in [0.15, 0.2) is 5.76 Å². The van der Waals surface area contributed by atoms with Crippen LogP contribution in [0.5, 0.6) is 23.0 Å². The molecule has 0 aliphatic carbocycles. The quantitative estimate of drug-likeness (QED) is 0.768. The number of Topliss-reactive ketones (excluding diaryl/α,β-unsaturated/α-hetero) is 1. The van der Waals surface area contributed by atoms with Crippen LogP contribution in [0.1, 0.15) is 47.2 Å². The van der Waals surface area contributed by atoms with Gasteiger partial charge >= 0.3 is 0 Å². The number of carbonyl (C=O) groups is 1. The number of benzene rings is 2. The molecule has 0 saturated carbocycles. The van der Waals surface area contributed by atoms with Crippen molar-refractivity contribution in [1.82, 2.24) is 0 Å². The van der Waals surface area contributed by atoms with Gasteiger partial charge < -0.3 is 24.2 Å². The number of hydrogen-bond donors (Lipinski definition) is 1. The first kappa shape index (κ1) is 20.3.